The summed E-state index contributed by atoms with van der Waals surface area (Å²) in [5.41, 5.74) is 0.844. The smallest absolute Gasteiger partial charge is 0.226 e. The molecule has 1 unspecified atom stereocenters. The van der Waals surface area contributed by atoms with Crippen LogP contribution in [0.5, 0.6) is 0 Å². The summed E-state index contributed by atoms with van der Waals surface area (Å²) < 4.78 is 31.4. The molecule has 1 heterocycles. The monoisotopic (exact) mass is 734 g/mol. The zero-order chi connectivity index (χ0) is 39.3. The molecular weight excluding hydrogens is 665 g/mol. The minimum Gasteiger partial charge on any atom is -0.380 e. The molecule has 2 rings (SSSR count). The average molecular weight is 734 g/mol. The average Bonchev–Trinajstić information content (AvgIpc) is 3.54. The highest BCUT2D eigenvalue weighted by molar-refractivity contribution is 5.90. The summed E-state index contributed by atoms with van der Waals surface area (Å²) in [6.45, 7) is 14.2. The van der Waals surface area contributed by atoms with Gasteiger partial charge in [0.25, 0.3) is 0 Å². The van der Waals surface area contributed by atoms with E-state index in [4.69, 9.17) is 14.2 Å². The number of methoxy groups -OCH3 is 3. The predicted molar refractivity (Wildman–Crippen MR) is 202 cm³/mol. The number of likely N-dealkylation sites (N-methyl/N-ethyl adjacent to an activating group) is 2. The van der Waals surface area contributed by atoms with Gasteiger partial charge in [-0.05, 0) is 61.8 Å². The van der Waals surface area contributed by atoms with E-state index in [-0.39, 0.29) is 71.9 Å². The first-order valence-corrected chi connectivity index (χ1v) is 19.2. The maximum Gasteiger partial charge on any atom is 0.226 e. The first-order valence-electron chi connectivity index (χ1n) is 19.2. The molecule has 10 nitrogen and oxygen atoms in total. The van der Waals surface area contributed by atoms with Gasteiger partial charge in [-0.3, -0.25) is 19.2 Å². The van der Waals surface area contributed by atoms with E-state index in [9.17, 15) is 23.6 Å². The number of halogens is 1. The van der Waals surface area contributed by atoms with E-state index in [0.717, 1.165) is 12.0 Å². The van der Waals surface area contributed by atoms with Gasteiger partial charge in [0.1, 0.15) is 11.6 Å². The molecule has 0 saturated carbocycles. The highest BCUT2D eigenvalue weighted by Gasteiger charge is 2.45. The molecule has 1 aromatic carbocycles. The van der Waals surface area contributed by atoms with Crippen LogP contribution in [0.1, 0.15) is 92.6 Å². The van der Waals surface area contributed by atoms with Crippen molar-refractivity contribution in [3.63, 3.8) is 0 Å². The van der Waals surface area contributed by atoms with Crippen molar-refractivity contribution in [3.05, 3.63) is 35.6 Å². The van der Waals surface area contributed by atoms with Crippen molar-refractivity contribution in [3.8, 4) is 0 Å². The molecule has 2 amide bonds. The lowest BCUT2D eigenvalue weighted by molar-refractivity contribution is -0.149. The molecule has 52 heavy (non-hydrogen) atoms. The van der Waals surface area contributed by atoms with Gasteiger partial charge in [0.15, 0.2) is 5.78 Å². The Labute approximate surface area is 312 Å². The number of carbonyl (C=O) groups is 4. The second-order valence-corrected chi connectivity index (χ2v) is 15.5. The molecule has 0 spiro atoms. The van der Waals surface area contributed by atoms with E-state index in [1.165, 1.54) is 12.1 Å². The predicted octanol–water partition coefficient (Wildman–Crippen LogP) is 5.74. The van der Waals surface area contributed by atoms with Gasteiger partial charge in [0.2, 0.25) is 11.8 Å². The highest BCUT2D eigenvalue weighted by atomic mass is 19.1. The summed E-state index contributed by atoms with van der Waals surface area (Å²) >= 11 is 0. The van der Waals surface area contributed by atoms with Crippen molar-refractivity contribution < 1.29 is 37.8 Å². The number of ether oxygens (including phenoxy) is 3. The van der Waals surface area contributed by atoms with Gasteiger partial charge in [0.05, 0.1) is 42.9 Å². The number of hydrogen-bond acceptors (Lipinski definition) is 8. The Bertz CT molecular complexity index is 1290. The Kier molecular flexibility index (Phi) is 19.1. The van der Waals surface area contributed by atoms with Crippen molar-refractivity contribution in [2.45, 2.75) is 130 Å². The number of ketones is 2. The Morgan fingerprint density at radius 1 is 0.981 bits per heavy atom. The largest absolute Gasteiger partial charge is 0.380 e. The fraction of sp³-hybridized carbons (Fsp3) is 0.756. The molecular formula is C41H68FN3O7. The normalized spacial score (nSPS) is 20.3. The summed E-state index contributed by atoms with van der Waals surface area (Å²) in [6, 6.07) is 5.24. The molecule has 9 atom stereocenters. The lowest BCUT2D eigenvalue weighted by Crippen LogP contribution is -2.54. The number of benzene rings is 1. The maximum absolute atomic E-state index is 14.3. The molecule has 1 aromatic rings. The van der Waals surface area contributed by atoms with E-state index in [0.29, 0.717) is 32.2 Å². The van der Waals surface area contributed by atoms with Gasteiger partial charge in [-0.15, -0.1) is 0 Å². The Morgan fingerprint density at radius 3 is 2.17 bits per heavy atom. The number of hydrogen-bond donors (Lipinski definition) is 1. The molecule has 1 aliphatic rings. The molecule has 296 valence electrons. The fourth-order valence-corrected chi connectivity index (χ4v) is 7.96. The van der Waals surface area contributed by atoms with Gasteiger partial charge >= 0.3 is 0 Å². The van der Waals surface area contributed by atoms with E-state index >= 15 is 0 Å². The molecule has 0 aromatic heterocycles. The van der Waals surface area contributed by atoms with Crippen LogP contribution in [-0.2, 0) is 39.8 Å². The van der Waals surface area contributed by atoms with Crippen molar-refractivity contribution >= 4 is 23.4 Å². The molecule has 11 heteroatoms. The van der Waals surface area contributed by atoms with Crippen molar-refractivity contribution in [2.75, 3.05) is 42.0 Å². The Balaban J connectivity index is 2.28. The molecule has 0 aliphatic carbocycles. The van der Waals surface area contributed by atoms with E-state index in [1.54, 1.807) is 51.3 Å². The number of Topliss-reactive ketones (excluding diaryl/α,β-unsaturated/α-hetero) is 2. The highest BCUT2D eigenvalue weighted by Crippen LogP contribution is 2.32. The van der Waals surface area contributed by atoms with Gasteiger partial charge in [-0.2, -0.15) is 0 Å². The second-order valence-electron chi connectivity index (χ2n) is 15.5. The molecule has 1 N–H and O–H groups in total. The summed E-state index contributed by atoms with van der Waals surface area (Å²) in [4.78, 5) is 58.7. The van der Waals surface area contributed by atoms with Gasteiger partial charge in [-0.25, -0.2) is 4.39 Å². The maximum atomic E-state index is 14.3. The van der Waals surface area contributed by atoms with Crippen molar-refractivity contribution in [1.82, 2.24) is 15.1 Å². The summed E-state index contributed by atoms with van der Waals surface area (Å²) in [5.74, 6) is -1.56. The number of rotatable bonds is 23. The number of likely N-dealkylation sites (tertiary alicyclic amines) is 1. The number of nitrogens with one attached hydrogen (secondary N) is 1. The fourth-order valence-electron chi connectivity index (χ4n) is 7.96. The Hall–Kier alpha value is -2.73. The van der Waals surface area contributed by atoms with Crippen molar-refractivity contribution in [2.24, 2.45) is 29.6 Å². The van der Waals surface area contributed by atoms with Crippen LogP contribution in [0.3, 0.4) is 0 Å². The van der Waals surface area contributed by atoms with Crippen LogP contribution in [0.15, 0.2) is 24.3 Å². The number of amides is 2. The first kappa shape index (κ1) is 45.4. The SMILES string of the molecule is CC[C@H](C)[C@@H]([C@@H](CC(=O)N1C[C@H](OC)CC1[C@H](OC)[C@@H](C)C(=O)CCCc1cccc(F)c1)OC)N(C)C(=O)[C@@H](CC(=O)[C@@H](NC)C(C)C)C(C)C. The zero-order valence-electron chi connectivity index (χ0n) is 33.9. The number of carbonyl (C=O) groups excluding carboxylic acids is 4. The summed E-state index contributed by atoms with van der Waals surface area (Å²) in [7, 11) is 8.28. The molecule has 0 bridgehead atoms. The topological polar surface area (TPSA) is 114 Å². The Morgan fingerprint density at radius 2 is 1.65 bits per heavy atom. The van der Waals surface area contributed by atoms with Gasteiger partial charge in [-0.1, -0.05) is 67.0 Å². The van der Waals surface area contributed by atoms with E-state index in [2.05, 4.69) is 12.2 Å². The van der Waals surface area contributed by atoms with Crippen LogP contribution in [0.25, 0.3) is 0 Å². The second kappa shape index (κ2) is 21.8. The van der Waals surface area contributed by atoms with Gasteiger partial charge < -0.3 is 29.3 Å². The minimum atomic E-state index is -0.620. The van der Waals surface area contributed by atoms with Crippen LogP contribution >= 0.6 is 0 Å². The van der Waals surface area contributed by atoms with Crippen LogP contribution in [-0.4, -0.2) is 112 Å². The van der Waals surface area contributed by atoms with E-state index in [1.807, 2.05) is 47.6 Å². The third-order valence-electron chi connectivity index (χ3n) is 11.3. The molecule has 1 saturated heterocycles. The quantitative estimate of drug-likeness (QED) is 0.152. The van der Waals surface area contributed by atoms with Crippen LogP contribution in [0.2, 0.25) is 0 Å². The molecule has 1 fully saturated rings. The third-order valence-corrected chi connectivity index (χ3v) is 11.3. The number of nitrogens with zero attached hydrogens (tertiary/aromatic N) is 2. The molecule has 0 radical (unpaired) electrons. The third kappa shape index (κ3) is 12.1. The lowest BCUT2D eigenvalue weighted by Gasteiger charge is -2.41. The summed E-state index contributed by atoms with van der Waals surface area (Å²) in [6.07, 6.45) is 1.48. The number of aryl methyl sites for hydroxylation is 1. The zero-order valence-corrected chi connectivity index (χ0v) is 33.9. The minimum absolute atomic E-state index is 0.00576. The van der Waals surface area contributed by atoms with Crippen LogP contribution in [0.4, 0.5) is 4.39 Å². The first-order chi connectivity index (χ1) is 24.6. The van der Waals surface area contributed by atoms with Gasteiger partial charge in [0, 0.05) is 59.6 Å². The van der Waals surface area contributed by atoms with Crippen LogP contribution < -0.4 is 5.32 Å². The van der Waals surface area contributed by atoms with E-state index < -0.39 is 36.1 Å². The molecule has 1 aliphatic heterocycles. The lowest BCUT2D eigenvalue weighted by atomic mass is 9.84. The summed E-state index contributed by atoms with van der Waals surface area (Å²) in [5, 5.41) is 3.11. The van der Waals surface area contributed by atoms with Crippen molar-refractivity contribution in [1.29, 1.82) is 0 Å². The van der Waals surface area contributed by atoms with Crippen LogP contribution in [0, 0.1) is 35.4 Å². The standard InChI is InChI=1S/C41H68FN3O7/c1-13-27(6)39(44(9)41(49)32(25(2)3)22-35(47)38(43-8)26(4)5)36(51-11)23-37(48)45-24-31(50-10)21-33(45)40(52-12)28(7)34(46)19-15-17-29-16-14-18-30(42)20-29/h14,16,18,20,25-28,31-33,36,38-40,43H,13,15,17,19,21-24H2,1-12H3/t27-,28-,31+,32-,33?,36+,38-,39-,40+/m0/s1.